The quantitative estimate of drug-likeness (QED) is 0.0656. The van der Waals surface area contributed by atoms with Crippen LogP contribution in [0.4, 0.5) is 18.0 Å². The Hall–Kier alpha value is -5.71. The molecule has 1 saturated heterocycles. The first-order chi connectivity index (χ1) is 27.3. The lowest BCUT2D eigenvalue weighted by atomic mass is 9.89. The third-order valence-corrected chi connectivity index (χ3v) is 9.59. The van der Waals surface area contributed by atoms with Crippen LogP contribution in [0.15, 0.2) is 67.3 Å². The topological polar surface area (TPSA) is 198 Å². The summed E-state index contributed by atoms with van der Waals surface area (Å²) in [6.45, 7) is 2.53. The fourth-order valence-corrected chi connectivity index (χ4v) is 6.76. The van der Waals surface area contributed by atoms with E-state index in [1.54, 1.807) is 25.2 Å². The minimum atomic E-state index is -1.94. The number of hydrogen-bond acceptors (Lipinski definition) is 14. The minimum absolute atomic E-state index is 0.00525. The summed E-state index contributed by atoms with van der Waals surface area (Å²) in [6, 6.07) is 8.76. The van der Waals surface area contributed by atoms with Gasteiger partial charge in [-0.2, -0.15) is 10.4 Å². The maximum atomic E-state index is 15.7. The molecule has 0 radical (unpaired) electrons. The summed E-state index contributed by atoms with van der Waals surface area (Å²) >= 11 is 1.22. The van der Waals surface area contributed by atoms with Gasteiger partial charge in [0.2, 0.25) is 6.29 Å². The zero-order valence-corrected chi connectivity index (χ0v) is 31.6. The lowest BCUT2D eigenvalue weighted by Crippen LogP contribution is -2.47. The van der Waals surface area contributed by atoms with Gasteiger partial charge in [-0.25, -0.2) is 27.6 Å². The molecular weight excluding hydrogens is 777 g/mol. The number of thioether (sulfide) groups is 1. The third-order valence-electron chi connectivity index (χ3n) is 8.15. The smallest absolute Gasteiger partial charge is 0.481 e. The van der Waals surface area contributed by atoms with Crippen molar-refractivity contribution in [2.24, 2.45) is 0 Å². The summed E-state index contributed by atoms with van der Waals surface area (Å²) in [5, 5.41) is 20.4. The number of carboxylic acids is 1. The van der Waals surface area contributed by atoms with Crippen LogP contribution >= 0.6 is 11.8 Å². The Morgan fingerprint density at radius 1 is 1.04 bits per heavy atom. The van der Waals surface area contributed by atoms with E-state index >= 15 is 4.39 Å². The molecule has 57 heavy (non-hydrogen) atoms. The van der Waals surface area contributed by atoms with Crippen molar-refractivity contribution in [3.8, 4) is 6.07 Å². The summed E-state index contributed by atoms with van der Waals surface area (Å²) in [6.07, 6.45) is 4.41. The Balaban J connectivity index is 1.42. The fourth-order valence-electron chi connectivity index (χ4n) is 5.40. The average Bonchev–Trinajstić information content (AvgIpc) is 3.67. The maximum Gasteiger partial charge on any atom is 0.512 e. The molecule has 3 atom stereocenters. The highest BCUT2D eigenvalue weighted by atomic mass is 32.2. The van der Waals surface area contributed by atoms with Crippen molar-refractivity contribution in [2.75, 3.05) is 19.8 Å². The van der Waals surface area contributed by atoms with Crippen LogP contribution < -0.4 is 0 Å². The van der Waals surface area contributed by atoms with Gasteiger partial charge in [-0.1, -0.05) is 24.3 Å². The van der Waals surface area contributed by atoms with E-state index in [0.717, 1.165) is 18.2 Å². The highest BCUT2D eigenvalue weighted by Crippen LogP contribution is 2.42. The lowest BCUT2D eigenvalue weighted by Gasteiger charge is -2.40. The van der Waals surface area contributed by atoms with Crippen molar-refractivity contribution in [3.63, 3.8) is 0 Å². The number of aliphatic carboxylic acids is 1. The Labute approximate surface area is 329 Å². The first-order valence-corrected chi connectivity index (χ1v) is 18.4. The monoisotopic (exact) mass is 816 g/mol. The Morgan fingerprint density at radius 3 is 2.46 bits per heavy atom. The first kappa shape index (κ1) is 44.0. The molecule has 0 bridgehead atoms. The second-order valence-corrected chi connectivity index (χ2v) is 14.0. The van der Waals surface area contributed by atoms with Gasteiger partial charge in [-0.3, -0.25) is 14.4 Å². The molecule has 3 aromatic rings. The van der Waals surface area contributed by atoms with E-state index in [9.17, 15) is 28.0 Å². The van der Waals surface area contributed by atoms with E-state index < -0.39 is 64.9 Å². The van der Waals surface area contributed by atoms with Crippen LogP contribution in [-0.2, 0) is 55.0 Å². The number of nitrogens with zero attached hydrogens (tertiary/aromatic N) is 4. The van der Waals surface area contributed by atoms with Crippen LogP contribution in [0.25, 0.3) is 6.08 Å². The van der Waals surface area contributed by atoms with Crippen LogP contribution in [-0.4, -0.2) is 86.8 Å². The van der Waals surface area contributed by atoms with Crippen LogP contribution in [0, 0.1) is 28.8 Å². The van der Waals surface area contributed by atoms with Gasteiger partial charge in [0.05, 0.1) is 43.1 Å². The zero-order chi connectivity index (χ0) is 41.4. The number of halogens is 3. The van der Waals surface area contributed by atoms with Crippen LogP contribution in [0.1, 0.15) is 56.2 Å². The fraction of sp³-hybridized carbons (Fsp3) is 0.395. The van der Waals surface area contributed by atoms with Gasteiger partial charge >= 0.3 is 24.1 Å². The van der Waals surface area contributed by atoms with Gasteiger partial charge < -0.3 is 33.5 Å². The van der Waals surface area contributed by atoms with Gasteiger partial charge in [0.25, 0.3) is 0 Å². The molecule has 304 valence electrons. The predicted molar refractivity (Wildman–Crippen MR) is 194 cm³/mol. The zero-order valence-electron chi connectivity index (χ0n) is 30.8. The van der Waals surface area contributed by atoms with Gasteiger partial charge in [0.1, 0.15) is 36.7 Å². The van der Waals surface area contributed by atoms with Crippen molar-refractivity contribution >= 4 is 41.9 Å². The molecule has 19 heteroatoms. The Bertz CT molecular complexity index is 1950. The molecule has 0 amide bonds. The highest BCUT2D eigenvalue weighted by molar-refractivity contribution is 8.00. The molecule has 15 nitrogen and oxygen atoms in total. The van der Waals surface area contributed by atoms with E-state index in [1.807, 2.05) is 6.07 Å². The largest absolute Gasteiger partial charge is 0.512 e. The van der Waals surface area contributed by atoms with E-state index in [1.165, 1.54) is 54.2 Å². The number of benzene rings is 2. The van der Waals surface area contributed by atoms with Crippen LogP contribution in [0.5, 0.6) is 0 Å². The van der Waals surface area contributed by atoms with Gasteiger partial charge in [-0.05, 0) is 43.7 Å². The van der Waals surface area contributed by atoms with Crippen LogP contribution in [0.2, 0.25) is 0 Å². The van der Waals surface area contributed by atoms with E-state index in [-0.39, 0.29) is 74.0 Å². The molecule has 4 rings (SSSR count). The average molecular weight is 817 g/mol. The van der Waals surface area contributed by atoms with Gasteiger partial charge in [-0.15, -0.1) is 11.8 Å². The molecule has 0 saturated carbocycles. The Morgan fingerprint density at radius 2 is 1.79 bits per heavy atom. The molecule has 2 aromatic carbocycles. The van der Waals surface area contributed by atoms with Crippen molar-refractivity contribution < 1.29 is 65.9 Å². The Kier molecular flexibility index (Phi) is 16.6. The number of esters is 2. The standard InChI is InChI=1S/C38H39F3N4O11S/c1-24(57-29-19-52-36(53-20-29)9-4-3-6-27-11-10-26(18-42)16-31(27)40)38(21-45-23-43-22-44-45,30-13-12-28(39)17-32(30)41)56-37(50)55-25(2)54-35(49)8-5-7-34(48)51-15-14-33(46)47/h3-4,6,9-13,16-17,22-25,29,36H,5,7-8,14-15,19-21H2,1-2H3,(H,46,47). The molecule has 1 aliphatic rings. The number of allylic oxidation sites excluding steroid dienone is 2. The predicted octanol–water partition coefficient (Wildman–Crippen LogP) is 5.83. The number of rotatable bonds is 19. The molecular formula is C38H39F3N4O11S. The van der Waals surface area contributed by atoms with Gasteiger partial charge in [0.15, 0.2) is 11.9 Å². The second kappa shape index (κ2) is 21.6. The van der Waals surface area contributed by atoms with E-state index in [4.69, 9.17) is 38.8 Å². The number of carbonyl (C=O) groups is 4. The van der Waals surface area contributed by atoms with Crippen molar-refractivity contribution in [1.29, 1.82) is 5.26 Å². The second-order valence-electron chi connectivity index (χ2n) is 12.4. The summed E-state index contributed by atoms with van der Waals surface area (Å²) in [5.41, 5.74) is -1.68. The maximum absolute atomic E-state index is 15.7. The molecule has 1 fully saturated rings. The van der Waals surface area contributed by atoms with Crippen molar-refractivity contribution in [3.05, 3.63) is 101 Å². The molecule has 0 aliphatic carbocycles. The first-order valence-electron chi connectivity index (χ1n) is 17.5. The highest BCUT2D eigenvalue weighted by Gasteiger charge is 2.47. The van der Waals surface area contributed by atoms with Gasteiger partial charge in [0, 0.05) is 42.2 Å². The van der Waals surface area contributed by atoms with Crippen molar-refractivity contribution in [1.82, 2.24) is 14.8 Å². The van der Waals surface area contributed by atoms with Crippen molar-refractivity contribution in [2.45, 2.75) is 74.8 Å². The van der Waals surface area contributed by atoms with E-state index in [0.29, 0.717) is 6.07 Å². The minimum Gasteiger partial charge on any atom is -0.481 e. The summed E-state index contributed by atoms with van der Waals surface area (Å²) < 4.78 is 78.0. The molecule has 1 aromatic heterocycles. The summed E-state index contributed by atoms with van der Waals surface area (Å²) in [7, 11) is 0. The van der Waals surface area contributed by atoms with Crippen LogP contribution in [0.3, 0.4) is 0 Å². The third kappa shape index (κ3) is 13.8. The summed E-state index contributed by atoms with van der Waals surface area (Å²) in [5.74, 6) is -5.13. The number of carbonyl (C=O) groups excluding carboxylic acids is 3. The molecule has 2 heterocycles. The molecule has 3 unspecified atom stereocenters. The molecule has 1 aliphatic heterocycles. The number of carboxylic acid groups (broad SMARTS) is 1. The number of aromatic nitrogens is 3. The number of ether oxygens (including phenoxy) is 6. The summed E-state index contributed by atoms with van der Waals surface area (Å²) in [4.78, 5) is 52.0. The molecule has 0 spiro atoms. The number of hydrogen-bond donors (Lipinski definition) is 1. The normalized spacial score (nSPS) is 17.6. The number of nitriles is 1. The lowest BCUT2D eigenvalue weighted by molar-refractivity contribution is -0.172. The van der Waals surface area contributed by atoms with E-state index in [2.05, 4.69) is 10.1 Å². The molecule has 1 N–H and O–H groups in total. The SMILES string of the molecule is CC(OC(=O)CCCC(=O)OCCC(=O)O)OC(=O)OC(Cn1cncn1)(c1ccc(F)cc1F)C(C)SC1COC(C=CC=Cc2ccc(C#N)cc2F)OC1.